The Kier molecular flexibility index (Phi) is 9.59. The lowest BCUT2D eigenvalue weighted by Crippen LogP contribution is -2.14. The Morgan fingerprint density at radius 1 is 0.526 bits per heavy atom. The minimum Gasteiger partial charge on any atom is -0.291 e. The monoisotopic (exact) mass is 530 g/mol. The fourth-order valence-corrected chi connectivity index (χ4v) is 9.03. The molecule has 0 bridgehead atoms. The molecule has 0 amide bonds. The molecule has 0 aliphatic rings. The van der Waals surface area contributed by atoms with Crippen molar-refractivity contribution < 1.29 is 0 Å². The summed E-state index contributed by atoms with van der Waals surface area (Å²) in [6, 6.07) is 49.8. The van der Waals surface area contributed by atoms with Crippen LogP contribution in [-0.4, -0.2) is 23.9 Å². The summed E-state index contributed by atoms with van der Waals surface area (Å²) in [4.78, 5) is 9.73. The maximum absolute atomic E-state index is 4.96. The molecule has 4 aromatic carbocycles. The minimum atomic E-state index is -0.515. The summed E-state index contributed by atoms with van der Waals surface area (Å²) in [5.74, 6) is 0. The number of aliphatic imine (C=N–C) groups is 1. The van der Waals surface area contributed by atoms with E-state index < -0.39 is 7.92 Å². The highest BCUT2D eigenvalue weighted by Crippen LogP contribution is 2.37. The van der Waals surface area contributed by atoms with Gasteiger partial charge in [-0.1, -0.05) is 127 Å². The number of pyridine rings is 1. The van der Waals surface area contributed by atoms with Gasteiger partial charge in [0, 0.05) is 24.6 Å². The predicted octanol–water partition coefficient (Wildman–Crippen LogP) is 6.66. The Hall–Kier alpha value is -3.44. The third kappa shape index (κ3) is 7.32. The predicted molar refractivity (Wildman–Crippen MR) is 168 cm³/mol. The normalized spacial score (nSPS) is 11.4. The summed E-state index contributed by atoms with van der Waals surface area (Å²) in [5, 5.41) is 5.62. The number of hydrogen-bond donors (Lipinski definition) is 0. The van der Waals surface area contributed by atoms with Gasteiger partial charge in [-0.05, 0) is 61.8 Å². The van der Waals surface area contributed by atoms with Crippen molar-refractivity contribution in [3.8, 4) is 0 Å². The molecule has 0 N–H and O–H groups in total. The van der Waals surface area contributed by atoms with Gasteiger partial charge in [-0.25, -0.2) is 0 Å². The van der Waals surface area contributed by atoms with Crippen LogP contribution in [-0.2, 0) is 6.16 Å². The van der Waals surface area contributed by atoms with Gasteiger partial charge in [0.2, 0.25) is 0 Å². The maximum atomic E-state index is 4.96. The van der Waals surface area contributed by atoms with Crippen LogP contribution in [0.5, 0.6) is 0 Å². The highest BCUT2D eigenvalue weighted by atomic mass is 31.1. The zero-order valence-electron chi connectivity index (χ0n) is 21.5. The smallest absolute Gasteiger partial charge is 0.0811 e. The topological polar surface area (TPSA) is 25.2 Å². The van der Waals surface area contributed by atoms with Crippen LogP contribution in [0.25, 0.3) is 0 Å². The fourth-order valence-electron chi connectivity index (χ4n) is 4.47. The van der Waals surface area contributed by atoms with Crippen LogP contribution in [0.2, 0.25) is 0 Å². The molecule has 0 aliphatic heterocycles. The highest BCUT2D eigenvalue weighted by molar-refractivity contribution is 7.73. The van der Waals surface area contributed by atoms with Crippen molar-refractivity contribution in [2.75, 3.05) is 12.7 Å². The van der Waals surface area contributed by atoms with Crippen molar-refractivity contribution in [1.29, 1.82) is 0 Å². The van der Waals surface area contributed by atoms with Crippen LogP contribution in [0.15, 0.2) is 145 Å². The highest BCUT2D eigenvalue weighted by Gasteiger charge is 2.15. The van der Waals surface area contributed by atoms with Crippen molar-refractivity contribution in [3.05, 3.63) is 151 Å². The van der Waals surface area contributed by atoms with Crippen LogP contribution in [0, 0.1) is 0 Å². The molecule has 0 atom stereocenters. The van der Waals surface area contributed by atoms with E-state index in [0.717, 1.165) is 36.7 Å². The molecule has 0 fully saturated rings. The molecule has 188 valence electrons. The average Bonchev–Trinajstić information content (AvgIpc) is 3.00. The summed E-state index contributed by atoms with van der Waals surface area (Å²) in [6.45, 7) is 0.811. The molecule has 0 aliphatic carbocycles. The van der Waals surface area contributed by atoms with Gasteiger partial charge in [0.1, 0.15) is 0 Å². The number of aromatic nitrogens is 1. The first kappa shape index (κ1) is 26.2. The van der Waals surface area contributed by atoms with E-state index in [1.54, 1.807) is 0 Å². The number of hydrogen-bond acceptors (Lipinski definition) is 2. The molecule has 0 radical (unpaired) electrons. The molecule has 0 saturated carbocycles. The Labute approximate surface area is 229 Å². The first-order chi connectivity index (χ1) is 18.9. The lowest BCUT2D eigenvalue weighted by atomic mass is 10.3. The Bertz CT molecular complexity index is 1330. The Morgan fingerprint density at radius 3 is 1.50 bits per heavy atom. The van der Waals surface area contributed by atoms with Gasteiger partial charge in [-0.15, -0.1) is 0 Å². The van der Waals surface area contributed by atoms with Gasteiger partial charge in [-0.3, -0.25) is 9.98 Å². The molecule has 2 nitrogen and oxygen atoms in total. The van der Waals surface area contributed by atoms with Gasteiger partial charge >= 0.3 is 0 Å². The van der Waals surface area contributed by atoms with E-state index in [0.29, 0.717) is 0 Å². The van der Waals surface area contributed by atoms with Gasteiger partial charge in [0.25, 0.3) is 0 Å². The van der Waals surface area contributed by atoms with Gasteiger partial charge in [0.15, 0.2) is 0 Å². The lowest BCUT2D eigenvalue weighted by molar-refractivity contribution is 0.943. The van der Waals surface area contributed by atoms with Crippen LogP contribution >= 0.6 is 15.8 Å². The second-order valence-corrected chi connectivity index (χ2v) is 13.6. The van der Waals surface area contributed by atoms with Gasteiger partial charge in [-0.2, -0.15) is 0 Å². The summed E-state index contributed by atoms with van der Waals surface area (Å²) >= 11 is 0. The van der Waals surface area contributed by atoms with E-state index in [9.17, 15) is 0 Å². The zero-order valence-corrected chi connectivity index (χ0v) is 23.3. The van der Waals surface area contributed by atoms with Crippen molar-refractivity contribution in [1.82, 2.24) is 4.98 Å². The third-order valence-electron chi connectivity index (χ3n) is 6.31. The van der Waals surface area contributed by atoms with E-state index in [1.165, 1.54) is 21.2 Å². The second-order valence-electron chi connectivity index (χ2n) is 9.02. The number of rotatable bonds is 11. The molecule has 1 heterocycles. The van der Waals surface area contributed by atoms with E-state index in [4.69, 9.17) is 9.98 Å². The molecule has 5 rings (SSSR count). The Morgan fingerprint density at radius 2 is 1.00 bits per heavy atom. The van der Waals surface area contributed by atoms with Gasteiger partial charge in [0.05, 0.1) is 5.69 Å². The molecular formula is C34H32N2P2. The minimum absolute atomic E-state index is 0.369. The third-order valence-corrected chi connectivity index (χ3v) is 11.4. The molecule has 0 unspecified atom stereocenters. The van der Waals surface area contributed by atoms with Crippen LogP contribution < -0.4 is 21.2 Å². The van der Waals surface area contributed by atoms with E-state index >= 15 is 0 Å². The van der Waals surface area contributed by atoms with Crippen LogP contribution in [0.4, 0.5) is 0 Å². The van der Waals surface area contributed by atoms with Crippen molar-refractivity contribution in [2.45, 2.75) is 12.6 Å². The molecule has 0 spiro atoms. The summed E-state index contributed by atoms with van der Waals surface area (Å²) in [7, 11) is -0.883. The van der Waals surface area contributed by atoms with Crippen molar-refractivity contribution in [2.24, 2.45) is 4.99 Å². The molecule has 0 saturated heterocycles. The number of benzene rings is 4. The summed E-state index contributed by atoms with van der Waals surface area (Å²) in [6.07, 6.45) is 5.05. The fraction of sp³-hybridized carbons (Fsp3) is 0.118. The maximum Gasteiger partial charge on any atom is 0.0811 e. The molecule has 38 heavy (non-hydrogen) atoms. The standard InChI is InChI=1S/C34H32N2P2/c1-5-17-31(18-6-1)37(32-19-7-2-8-20-32)26-14-25-35-27-29-15-13-16-30(36-29)28-38(33-21-9-3-10-22-33)34-23-11-4-12-24-34/h1-13,15-24,27H,14,25-26,28H2/b35-27+. The average molecular weight is 531 g/mol. The van der Waals surface area contributed by atoms with Crippen molar-refractivity contribution >= 4 is 43.3 Å². The van der Waals surface area contributed by atoms with Crippen LogP contribution in [0.1, 0.15) is 17.8 Å². The Balaban J connectivity index is 1.23. The molecule has 5 aromatic rings. The largest absolute Gasteiger partial charge is 0.291 e. The summed E-state index contributed by atoms with van der Waals surface area (Å²) in [5.41, 5.74) is 2.05. The molecule has 4 heteroatoms. The van der Waals surface area contributed by atoms with E-state index in [-0.39, 0.29) is 7.92 Å². The SMILES string of the molecule is C(=N\CCCP(c1ccccc1)c1ccccc1)/c1cccc(CP(c2ccccc2)c2ccccc2)n1. The lowest BCUT2D eigenvalue weighted by Gasteiger charge is -2.18. The summed E-state index contributed by atoms with van der Waals surface area (Å²) < 4.78 is 0. The first-order valence-corrected chi connectivity index (χ1v) is 16.1. The van der Waals surface area contributed by atoms with Crippen LogP contribution in [0.3, 0.4) is 0 Å². The van der Waals surface area contributed by atoms with E-state index in [2.05, 4.69) is 140 Å². The van der Waals surface area contributed by atoms with Crippen molar-refractivity contribution in [3.63, 3.8) is 0 Å². The molecular weight excluding hydrogens is 498 g/mol. The van der Waals surface area contributed by atoms with Gasteiger partial charge < -0.3 is 0 Å². The zero-order chi connectivity index (χ0) is 25.8. The molecule has 1 aromatic heterocycles. The number of nitrogens with zero attached hydrogens (tertiary/aromatic N) is 2. The quantitative estimate of drug-likeness (QED) is 0.107. The second kappa shape index (κ2) is 13.9. The first-order valence-electron chi connectivity index (χ1n) is 13.1. The van der Waals surface area contributed by atoms with E-state index in [1.807, 2.05) is 6.21 Å².